The van der Waals surface area contributed by atoms with Crippen LogP contribution in [0.2, 0.25) is 0 Å². The molecule has 1 aromatic carbocycles. The van der Waals surface area contributed by atoms with Crippen molar-refractivity contribution in [3.05, 3.63) is 29.3 Å². The molecule has 5 heteroatoms. The predicted octanol–water partition coefficient (Wildman–Crippen LogP) is 2.09. The number of carbonyl (C=O) groups excluding carboxylic acids is 2. The summed E-state index contributed by atoms with van der Waals surface area (Å²) in [7, 11) is 0. The number of nitrogens with zero attached hydrogens (tertiary/aromatic N) is 1. The van der Waals surface area contributed by atoms with Crippen molar-refractivity contribution in [3.63, 3.8) is 0 Å². The van der Waals surface area contributed by atoms with E-state index in [0.29, 0.717) is 6.41 Å². The lowest BCUT2D eigenvalue weighted by molar-refractivity contribution is -0.116. The lowest BCUT2D eigenvalue weighted by Gasteiger charge is -2.26. The van der Waals surface area contributed by atoms with Gasteiger partial charge in [0.1, 0.15) is 5.88 Å². The van der Waals surface area contributed by atoms with Crippen molar-refractivity contribution in [2.75, 3.05) is 17.4 Å². The fourth-order valence-electron chi connectivity index (χ4n) is 2.05. The fourth-order valence-corrected chi connectivity index (χ4v) is 2.20. The van der Waals surface area contributed by atoms with Gasteiger partial charge in [0.05, 0.1) is 12.4 Å². The van der Waals surface area contributed by atoms with Crippen LogP contribution in [0, 0.1) is 0 Å². The Labute approximate surface area is 118 Å². The molecule has 0 aliphatic carbocycles. The minimum Gasteiger partial charge on any atom is -0.341 e. The molecular weight excluding hydrogens is 264 g/mol. The lowest BCUT2D eigenvalue weighted by Crippen LogP contribution is -2.40. The van der Waals surface area contributed by atoms with E-state index in [9.17, 15) is 9.59 Å². The Hall–Kier alpha value is -1.55. The maximum Gasteiger partial charge on any atom is 0.243 e. The fraction of sp³-hybridized carbons (Fsp3) is 0.429. The quantitative estimate of drug-likeness (QED) is 0.473. The highest BCUT2D eigenvalue weighted by Gasteiger charge is 2.19. The van der Waals surface area contributed by atoms with Crippen LogP contribution in [0.3, 0.4) is 0 Å². The first-order valence-corrected chi connectivity index (χ1v) is 6.87. The van der Waals surface area contributed by atoms with Crippen LogP contribution in [0.5, 0.6) is 0 Å². The molecule has 0 heterocycles. The molecule has 4 nitrogen and oxygen atoms in total. The van der Waals surface area contributed by atoms with Gasteiger partial charge in [0.25, 0.3) is 0 Å². The molecule has 1 aromatic rings. The van der Waals surface area contributed by atoms with Crippen molar-refractivity contribution < 1.29 is 9.59 Å². The molecule has 1 rings (SSSR count). The van der Waals surface area contributed by atoms with Crippen molar-refractivity contribution in [2.24, 2.45) is 0 Å². The van der Waals surface area contributed by atoms with Gasteiger partial charge >= 0.3 is 0 Å². The Morgan fingerprint density at radius 1 is 1.32 bits per heavy atom. The van der Waals surface area contributed by atoms with Crippen molar-refractivity contribution >= 4 is 29.6 Å². The number of nitrogens with one attached hydrogen (secondary N) is 1. The molecule has 0 saturated heterocycles. The minimum atomic E-state index is -0.216. The molecule has 19 heavy (non-hydrogen) atoms. The van der Waals surface area contributed by atoms with E-state index in [2.05, 4.69) is 5.32 Å². The predicted molar refractivity (Wildman–Crippen MR) is 77.5 cm³/mol. The van der Waals surface area contributed by atoms with Gasteiger partial charge in [0, 0.05) is 0 Å². The van der Waals surface area contributed by atoms with E-state index in [1.807, 2.05) is 32.0 Å². The van der Waals surface area contributed by atoms with E-state index < -0.39 is 0 Å². The number of para-hydroxylation sites is 1. The van der Waals surface area contributed by atoms with E-state index in [4.69, 9.17) is 11.6 Å². The second-order valence-corrected chi connectivity index (χ2v) is 4.33. The van der Waals surface area contributed by atoms with E-state index in [1.165, 1.54) is 0 Å². The van der Waals surface area contributed by atoms with Gasteiger partial charge < -0.3 is 5.32 Å². The maximum atomic E-state index is 12.0. The molecule has 0 saturated carbocycles. The molecule has 0 bridgehead atoms. The molecule has 0 aromatic heterocycles. The number of carbonyl (C=O) groups is 2. The van der Waals surface area contributed by atoms with Gasteiger partial charge in [-0.25, -0.2) is 0 Å². The molecule has 104 valence electrons. The van der Waals surface area contributed by atoms with E-state index in [1.54, 1.807) is 4.90 Å². The molecule has 0 aliphatic heterocycles. The summed E-state index contributed by atoms with van der Waals surface area (Å²) in [5.41, 5.74) is 3.02. The standard InChI is InChI=1S/C14H19ClN2O2/c1-3-11-6-5-7-12(4-2)14(11)17(9-16-10-18)13(19)8-15/h5-7,10H,3-4,8-9H2,1-2H3,(H,16,18). The maximum absolute atomic E-state index is 12.0. The lowest BCUT2D eigenvalue weighted by atomic mass is 10.0. The van der Waals surface area contributed by atoms with E-state index in [0.717, 1.165) is 29.7 Å². The summed E-state index contributed by atoms with van der Waals surface area (Å²) in [5, 5.41) is 2.53. The van der Waals surface area contributed by atoms with Crippen LogP contribution < -0.4 is 10.2 Å². The summed E-state index contributed by atoms with van der Waals surface area (Å²) in [5.74, 6) is -0.325. The van der Waals surface area contributed by atoms with Crippen molar-refractivity contribution in [1.82, 2.24) is 5.32 Å². The SMILES string of the molecule is CCc1cccc(CC)c1N(CNC=O)C(=O)CCl. The summed E-state index contributed by atoms with van der Waals surface area (Å²) >= 11 is 5.66. The average Bonchev–Trinajstić information content (AvgIpc) is 2.46. The Morgan fingerprint density at radius 2 is 1.89 bits per heavy atom. The van der Waals surface area contributed by atoms with Crippen molar-refractivity contribution in [1.29, 1.82) is 0 Å². The highest BCUT2D eigenvalue weighted by Crippen LogP contribution is 2.27. The van der Waals surface area contributed by atoms with Crippen LogP contribution in [-0.4, -0.2) is 24.9 Å². The third kappa shape index (κ3) is 3.70. The molecule has 0 atom stereocenters. The summed E-state index contributed by atoms with van der Waals surface area (Å²) in [4.78, 5) is 24.0. The van der Waals surface area contributed by atoms with Crippen LogP contribution in [0.15, 0.2) is 18.2 Å². The Morgan fingerprint density at radius 3 is 2.32 bits per heavy atom. The zero-order valence-corrected chi connectivity index (χ0v) is 12.0. The molecule has 0 spiro atoms. The number of halogens is 1. The second-order valence-electron chi connectivity index (χ2n) is 4.07. The number of hydrogen-bond acceptors (Lipinski definition) is 2. The summed E-state index contributed by atoms with van der Waals surface area (Å²) < 4.78 is 0. The summed E-state index contributed by atoms with van der Waals surface area (Å²) in [6.07, 6.45) is 2.21. The number of aryl methyl sites for hydroxylation is 2. The summed E-state index contributed by atoms with van der Waals surface area (Å²) in [6.45, 7) is 4.21. The summed E-state index contributed by atoms with van der Waals surface area (Å²) in [6, 6.07) is 5.96. The highest BCUT2D eigenvalue weighted by molar-refractivity contribution is 6.29. The second kappa shape index (κ2) is 7.79. The average molecular weight is 283 g/mol. The number of amides is 2. The molecule has 0 fully saturated rings. The molecule has 0 aliphatic rings. The zero-order chi connectivity index (χ0) is 14.3. The first-order valence-electron chi connectivity index (χ1n) is 6.33. The van der Waals surface area contributed by atoms with Gasteiger partial charge in [-0.2, -0.15) is 0 Å². The molecule has 0 unspecified atom stereocenters. The van der Waals surface area contributed by atoms with Crippen LogP contribution in [0.25, 0.3) is 0 Å². The van der Waals surface area contributed by atoms with Crippen LogP contribution in [0.1, 0.15) is 25.0 Å². The van der Waals surface area contributed by atoms with Gasteiger partial charge in [-0.15, -0.1) is 11.6 Å². The molecule has 2 amide bonds. The Bertz CT molecular complexity index is 427. The van der Waals surface area contributed by atoms with Gasteiger partial charge in [0.2, 0.25) is 12.3 Å². The zero-order valence-electron chi connectivity index (χ0n) is 11.3. The monoisotopic (exact) mass is 282 g/mol. The number of benzene rings is 1. The largest absolute Gasteiger partial charge is 0.341 e. The van der Waals surface area contributed by atoms with Gasteiger partial charge in [-0.05, 0) is 24.0 Å². The first-order chi connectivity index (χ1) is 9.19. The van der Waals surface area contributed by atoms with Crippen LogP contribution in [-0.2, 0) is 22.4 Å². The Kier molecular flexibility index (Phi) is 6.36. The van der Waals surface area contributed by atoms with Gasteiger partial charge in [0.15, 0.2) is 0 Å². The Balaban J connectivity index is 3.26. The number of alkyl halides is 1. The van der Waals surface area contributed by atoms with Crippen LogP contribution in [0.4, 0.5) is 5.69 Å². The van der Waals surface area contributed by atoms with Crippen molar-refractivity contribution in [2.45, 2.75) is 26.7 Å². The third-order valence-electron chi connectivity index (χ3n) is 2.98. The molecule has 0 radical (unpaired) electrons. The van der Waals surface area contributed by atoms with Gasteiger partial charge in [-0.3, -0.25) is 14.5 Å². The number of anilines is 1. The first kappa shape index (κ1) is 15.5. The van der Waals surface area contributed by atoms with Crippen LogP contribution >= 0.6 is 11.6 Å². The normalized spacial score (nSPS) is 10.1. The van der Waals surface area contributed by atoms with Gasteiger partial charge in [-0.1, -0.05) is 32.0 Å². The third-order valence-corrected chi connectivity index (χ3v) is 3.21. The highest BCUT2D eigenvalue weighted by atomic mass is 35.5. The molecule has 1 N–H and O–H groups in total. The topological polar surface area (TPSA) is 49.4 Å². The van der Waals surface area contributed by atoms with E-state index in [-0.39, 0.29) is 18.5 Å². The molecular formula is C14H19ClN2O2. The smallest absolute Gasteiger partial charge is 0.243 e. The van der Waals surface area contributed by atoms with Crippen molar-refractivity contribution in [3.8, 4) is 0 Å². The minimum absolute atomic E-state index is 0.109. The number of rotatable bonds is 7. The number of hydrogen-bond donors (Lipinski definition) is 1. The van der Waals surface area contributed by atoms with E-state index >= 15 is 0 Å².